The smallest absolute Gasteiger partial charge is 0.259 e. The third-order valence-corrected chi connectivity index (χ3v) is 4.75. The zero-order valence-corrected chi connectivity index (χ0v) is 14.6. The van der Waals surface area contributed by atoms with Crippen molar-refractivity contribution in [2.45, 2.75) is 13.3 Å². The highest BCUT2D eigenvalue weighted by Crippen LogP contribution is 2.30. The molecule has 3 aromatic heterocycles. The zero-order valence-electron chi connectivity index (χ0n) is 14.6. The van der Waals surface area contributed by atoms with Gasteiger partial charge in [-0.05, 0) is 48.6 Å². The molecule has 7 nitrogen and oxygen atoms in total. The van der Waals surface area contributed by atoms with Crippen LogP contribution in [-0.4, -0.2) is 39.8 Å². The van der Waals surface area contributed by atoms with E-state index in [-0.39, 0.29) is 18.1 Å². The normalized spacial score (nSPS) is 17.0. The molecule has 1 atom stereocenters. The number of H-pyrrole nitrogens is 1. The maximum absolute atomic E-state index is 12.4. The quantitative estimate of drug-likeness (QED) is 0.667. The molecule has 0 amide bonds. The Morgan fingerprint density at radius 3 is 3.00 bits per heavy atom. The van der Waals surface area contributed by atoms with Crippen molar-refractivity contribution in [2.75, 3.05) is 29.9 Å². The number of aliphatic hydroxyl groups excluding tert-OH is 1. The predicted molar refractivity (Wildman–Crippen MR) is 102 cm³/mol. The van der Waals surface area contributed by atoms with Gasteiger partial charge in [0.1, 0.15) is 17.5 Å². The van der Waals surface area contributed by atoms with Gasteiger partial charge in [0.15, 0.2) is 0 Å². The number of anilines is 3. The van der Waals surface area contributed by atoms with Crippen LogP contribution in [0.15, 0.2) is 41.5 Å². The van der Waals surface area contributed by atoms with Crippen molar-refractivity contribution in [1.29, 1.82) is 0 Å². The molecule has 0 unspecified atom stereocenters. The Morgan fingerprint density at radius 1 is 1.35 bits per heavy atom. The largest absolute Gasteiger partial charge is 0.396 e. The number of nitrogens with zero attached hydrogens (tertiary/aromatic N) is 3. The first-order valence-corrected chi connectivity index (χ1v) is 8.72. The number of hydrogen-bond acceptors (Lipinski definition) is 6. The first-order valence-electron chi connectivity index (χ1n) is 8.72. The molecule has 1 saturated heterocycles. The molecule has 7 heteroatoms. The van der Waals surface area contributed by atoms with Crippen LogP contribution in [0.3, 0.4) is 0 Å². The van der Waals surface area contributed by atoms with E-state index in [9.17, 15) is 9.90 Å². The van der Waals surface area contributed by atoms with Crippen molar-refractivity contribution < 1.29 is 5.11 Å². The van der Waals surface area contributed by atoms with E-state index >= 15 is 0 Å². The summed E-state index contributed by atoms with van der Waals surface area (Å²) in [6.45, 7) is 3.62. The Labute approximate surface area is 150 Å². The molecule has 4 heterocycles. The van der Waals surface area contributed by atoms with Crippen LogP contribution in [0.4, 0.5) is 17.5 Å². The van der Waals surface area contributed by atoms with Gasteiger partial charge in [0.05, 0.1) is 5.39 Å². The highest BCUT2D eigenvalue weighted by atomic mass is 16.3. The summed E-state index contributed by atoms with van der Waals surface area (Å²) in [5.41, 5.74) is 0.947. The second-order valence-electron chi connectivity index (χ2n) is 6.73. The molecule has 0 aromatic carbocycles. The standard InChI is InChI=1S/C19H21N5O2/c1-12-2-5-20-15(8-12)22-16-9-14-3-6-21-19(26)17(14)18(23-16)24-7-4-13(10-24)11-25/h2-3,5-6,8-9,13,25H,4,7,10-11H2,1H3,(H,21,26)(H,20,22,23)/t13-/m1/s1. The summed E-state index contributed by atoms with van der Waals surface area (Å²) >= 11 is 0. The van der Waals surface area contributed by atoms with E-state index < -0.39 is 0 Å². The lowest BCUT2D eigenvalue weighted by Gasteiger charge is -2.20. The number of nitrogens with one attached hydrogen (secondary N) is 2. The monoisotopic (exact) mass is 351 g/mol. The van der Waals surface area contributed by atoms with Crippen LogP contribution in [0.1, 0.15) is 12.0 Å². The van der Waals surface area contributed by atoms with Crippen molar-refractivity contribution >= 4 is 28.2 Å². The average molecular weight is 351 g/mol. The lowest BCUT2D eigenvalue weighted by molar-refractivity contribution is 0.238. The minimum Gasteiger partial charge on any atom is -0.396 e. The maximum atomic E-state index is 12.4. The molecule has 4 rings (SSSR count). The van der Waals surface area contributed by atoms with Gasteiger partial charge in [0, 0.05) is 38.0 Å². The van der Waals surface area contributed by atoms with Gasteiger partial charge in [-0.1, -0.05) is 0 Å². The fraction of sp³-hybridized carbons (Fsp3) is 0.316. The first kappa shape index (κ1) is 16.5. The van der Waals surface area contributed by atoms with Crippen molar-refractivity contribution in [3.63, 3.8) is 0 Å². The number of aryl methyl sites for hydroxylation is 1. The lowest BCUT2D eigenvalue weighted by atomic mass is 10.1. The number of aromatic nitrogens is 3. The fourth-order valence-electron chi connectivity index (χ4n) is 3.40. The van der Waals surface area contributed by atoms with Crippen LogP contribution < -0.4 is 15.8 Å². The molecule has 3 aromatic rings. The number of fused-ring (bicyclic) bond motifs is 1. The first-order chi connectivity index (χ1) is 12.6. The fourth-order valence-corrected chi connectivity index (χ4v) is 3.40. The molecule has 0 radical (unpaired) electrons. The van der Waals surface area contributed by atoms with Gasteiger partial charge in [-0.3, -0.25) is 4.79 Å². The number of aliphatic hydroxyl groups is 1. The molecule has 3 N–H and O–H groups in total. The van der Waals surface area contributed by atoms with Gasteiger partial charge in [0.25, 0.3) is 5.56 Å². The summed E-state index contributed by atoms with van der Waals surface area (Å²) in [6.07, 6.45) is 4.28. The summed E-state index contributed by atoms with van der Waals surface area (Å²) in [4.78, 5) is 26.3. The number of aromatic amines is 1. The number of hydrogen-bond donors (Lipinski definition) is 3. The summed E-state index contributed by atoms with van der Waals surface area (Å²) in [7, 11) is 0. The molecule has 26 heavy (non-hydrogen) atoms. The molecular formula is C19H21N5O2. The molecule has 1 aliphatic heterocycles. The molecule has 0 bridgehead atoms. The molecule has 0 spiro atoms. The molecule has 1 aliphatic rings. The van der Waals surface area contributed by atoms with E-state index in [1.54, 1.807) is 12.4 Å². The Morgan fingerprint density at radius 2 is 2.23 bits per heavy atom. The zero-order chi connectivity index (χ0) is 18.1. The Kier molecular flexibility index (Phi) is 4.30. The minimum atomic E-state index is -0.155. The second kappa shape index (κ2) is 6.76. The van der Waals surface area contributed by atoms with Gasteiger partial charge in [-0.15, -0.1) is 0 Å². The highest BCUT2D eigenvalue weighted by Gasteiger charge is 2.25. The van der Waals surface area contributed by atoms with Crippen LogP contribution in [0, 0.1) is 12.8 Å². The van der Waals surface area contributed by atoms with E-state index in [1.165, 1.54) is 0 Å². The van der Waals surface area contributed by atoms with E-state index in [2.05, 4.69) is 20.2 Å². The van der Waals surface area contributed by atoms with Crippen molar-refractivity contribution in [2.24, 2.45) is 5.92 Å². The van der Waals surface area contributed by atoms with Crippen LogP contribution in [0.2, 0.25) is 0 Å². The van der Waals surface area contributed by atoms with E-state index in [0.29, 0.717) is 29.4 Å². The SMILES string of the molecule is Cc1ccnc(Nc2cc3cc[nH]c(=O)c3c(N3CC[C@@H](CO)C3)n2)c1. The summed E-state index contributed by atoms with van der Waals surface area (Å²) in [5, 5.41) is 14.1. The molecule has 0 aliphatic carbocycles. The van der Waals surface area contributed by atoms with Crippen LogP contribution in [0.5, 0.6) is 0 Å². The van der Waals surface area contributed by atoms with Gasteiger partial charge >= 0.3 is 0 Å². The third-order valence-electron chi connectivity index (χ3n) is 4.75. The van der Waals surface area contributed by atoms with Crippen molar-refractivity contribution in [3.8, 4) is 0 Å². The number of pyridine rings is 3. The molecule has 0 saturated carbocycles. The predicted octanol–water partition coefficient (Wildman–Crippen LogP) is 2.19. The van der Waals surface area contributed by atoms with Crippen molar-refractivity contribution in [1.82, 2.24) is 15.0 Å². The van der Waals surface area contributed by atoms with Crippen LogP contribution in [0.25, 0.3) is 10.8 Å². The Hall–Kier alpha value is -2.93. The molecule has 134 valence electrons. The maximum Gasteiger partial charge on any atom is 0.259 e. The van der Waals surface area contributed by atoms with Crippen LogP contribution in [-0.2, 0) is 0 Å². The summed E-state index contributed by atoms with van der Waals surface area (Å²) in [5.74, 6) is 2.21. The van der Waals surface area contributed by atoms with Gasteiger partial charge < -0.3 is 20.3 Å². The van der Waals surface area contributed by atoms with Gasteiger partial charge in [-0.2, -0.15) is 0 Å². The Balaban J connectivity index is 1.79. The third kappa shape index (κ3) is 3.13. The lowest BCUT2D eigenvalue weighted by Crippen LogP contribution is -2.24. The molecular weight excluding hydrogens is 330 g/mol. The van der Waals surface area contributed by atoms with Crippen LogP contribution >= 0.6 is 0 Å². The second-order valence-corrected chi connectivity index (χ2v) is 6.73. The van der Waals surface area contributed by atoms with E-state index in [1.807, 2.05) is 31.2 Å². The summed E-state index contributed by atoms with van der Waals surface area (Å²) < 4.78 is 0. The topological polar surface area (TPSA) is 94.1 Å². The number of rotatable bonds is 4. The highest BCUT2D eigenvalue weighted by molar-refractivity contribution is 5.93. The van der Waals surface area contributed by atoms with Gasteiger partial charge in [0.2, 0.25) is 0 Å². The average Bonchev–Trinajstić information content (AvgIpc) is 3.10. The Bertz CT molecular complexity index is 1000. The van der Waals surface area contributed by atoms with E-state index in [4.69, 9.17) is 4.98 Å². The van der Waals surface area contributed by atoms with Crippen molar-refractivity contribution in [3.05, 3.63) is 52.6 Å². The summed E-state index contributed by atoms with van der Waals surface area (Å²) in [6, 6.07) is 7.61. The minimum absolute atomic E-state index is 0.149. The van der Waals surface area contributed by atoms with E-state index in [0.717, 1.165) is 23.9 Å². The van der Waals surface area contributed by atoms with Gasteiger partial charge in [-0.25, -0.2) is 9.97 Å². The molecule has 1 fully saturated rings.